The van der Waals surface area contributed by atoms with Gasteiger partial charge in [0.05, 0.1) is 15.6 Å². The molecule has 37 heavy (non-hydrogen) atoms. The molecule has 0 fully saturated rings. The summed E-state index contributed by atoms with van der Waals surface area (Å²) in [6.07, 6.45) is 0. The maximum atomic E-state index is 6.87. The van der Waals surface area contributed by atoms with Crippen LogP contribution in [0.15, 0.2) is 11.4 Å². The van der Waals surface area contributed by atoms with Gasteiger partial charge in [0.2, 0.25) is 41.6 Å². The van der Waals surface area contributed by atoms with Gasteiger partial charge in [-0.1, -0.05) is 0 Å². The predicted molar refractivity (Wildman–Crippen MR) is 183 cm³/mol. The third kappa shape index (κ3) is 13.0. The molecule has 0 radical (unpaired) electrons. The molecule has 14 heteroatoms. The van der Waals surface area contributed by atoms with Crippen molar-refractivity contribution in [3.63, 3.8) is 0 Å². The standard InChI is InChI=1S/C23H54O6Si8/c1-33(2,3)24-18-16-17(19(25-34(4,5)6)23(30)28-37(13,14)15)22(32-29-31)21(27-36(10,11)12)20(18)26-35(7,8)9/h16H,32H2,1-15,30-31H3. The molecule has 214 valence electrons. The molecule has 0 unspecified atom stereocenters. The zero-order valence-electron chi connectivity index (χ0n) is 26.7. The van der Waals surface area contributed by atoms with Crippen molar-refractivity contribution in [1.29, 1.82) is 0 Å². The Hall–Kier alpha value is -0.345. The Balaban J connectivity index is 4.30. The van der Waals surface area contributed by atoms with Crippen molar-refractivity contribution in [2.75, 3.05) is 0 Å². The third-order valence-electron chi connectivity index (χ3n) is 4.26. The molecule has 0 N–H and O–H groups in total. The van der Waals surface area contributed by atoms with Crippen LogP contribution in [0.1, 0.15) is 5.56 Å². The minimum absolute atomic E-state index is 0.669. The average Bonchev–Trinajstić information content (AvgIpc) is 2.59. The van der Waals surface area contributed by atoms with Crippen molar-refractivity contribution < 1.29 is 26.2 Å². The lowest BCUT2D eigenvalue weighted by molar-refractivity contribution is 0.423. The summed E-state index contributed by atoms with van der Waals surface area (Å²) in [6.45, 7) is 33.2. The van der Waals surface area contributed by atoms with Gasteiger partial charge in [0, 0.05) is 10.8 Å². The van der Waals surface area contributed by atoms with Crippen LogP contribution in [-0.2, 0) is 13.0 Å². The normalized spacial score (nSPS) is 14.7. The molecule has 1 aromatic rings. The first-order chi connectivity index (χ1) is 16.3. The second-order valence-corrected chi connectivity index (χ2v) is 40.8. The number of hydrogen-bond donors (Lipinski definition) is 0. The summed E-state index contributed by atoms with van der Waals surface area (Å²) in [5, 5.41) is 2.07. The fourth-order valence-electron chi connectivity index (χ4n) is 3.50. The van der Waals surface area contributed by atoms with Gasteiger partial charge in [-0.05, 0) is 104 Å². The van der Waals surface area contributed by atoms with Crippen molar-refractivity contribution >= 4 is 83.0 Å². The van der Waals surface area contributed by atoms with E-state index in [4.69, 9.17) is 26.2 Å². The maximum Gasteiger partial charge on any atom is 0.242 e. The second kappa shape index (κ2) is 12.4. The Bertz CT molecular complexity index is 964. The van der Waals surface area contributed by atoms with Gasteiger partial charge in [-0.2, -0.15) is 0 Å². The van der Waals surface area contributed by atoms with Gasteiger partial charge in [0.15, 0.2) is 21.3 Å². The van der Waals surface area contributed by atoms with Crippen molar-refractivity contribution in [3.05, 3.63) is 17.0 Å². The van der Waals surface area contributed by atoms with Crippen LogP contribution >= 0.6 is 0 Å². The lowest BCUT2D eigenvalue weighted by Gasteiger charge is -2.34. The molecule has 0 saturated carbocycles. The van der Waals surface area contributed by atoms with Gasteiger partial charge in [0.25, 0.3) is 0 Å². The maximum absolute atomic E-state index is 6.87. The molecule has 0 atom stereocenters. The second-order valence-electron chi connectivity index (χ2n) is 14.4. The minimum atomic E-state index is -2.01. The fourth-order valence-corrected chi connectivity index (χ4v) is 12.3. The van der Waals surface area contributed by atoms with E-state index in [9.17, 15) is 0 Å². The molecule has 0 amide bonds. The topological polar surface area (TPSA) is 55.4 Å². The van der Waals surface area contributed by atoms with Gasteiger partial charge >= 0.3 is 0 Å². The van der Waals surface area contributed by atoms with Gasteiger partial charge in [0.1, 0.15) is 22.0 Å². The Labute approximate surface area is 240 Å². The lowest BCUT2D eigenvalue weighted by atomic mass is 10.1. The van der Waals surface area contributed by atoms with Crippen molar-refractivity contribution in [1.82, 2.24) is 0 Å². The van der Waals surface area contributed by atoms with Gasteiger partial charge in [-0.15, -0.1) is 0 Å². The Morgan fingerprint density at radius 1 is 0.622 bits per heavy atom. The average molecular weight is 651 g/mol. The van der Waals surface area contributed by atoms with Crippen LogP contribution in [0, 0.1) is 0 Å². The van der Waals surface area contributed by atoms with E-state index in [-0.39, 0.29) is 0 Å². The predicted octanol–water partition coefficient (Wildman–Crippen LogP) is 4.03. The highest BCUT2D eigenvalue weighted by atomic mass is 28.4. The summed E-state index contributed by atoms with van der Waals surface area (Å²) >= 11 is 0. The number of benzene rings is 1. The SMILES string of the molecule is C[Si](C)(C)OC([SiH3])=C(O[Si](C)(C)C)c1cc(O[Si](C)(C)C)c(O[Si](C)(C)C)c(O[Si](C)(C)C)c1[SiH2]O[SiH3]. The van der Waals surface area contributed by atoms with E-state index in [1.807, 2.05) is 0 Å². The summed E-state index contributed by atoms with van der Waals surface area (Å²) in [5.74, 6) is 3.18. The summed E-state index contributed by atoms with van der Waals surface area (Å²) < 4.78 is 39.9. The zero-order chi connectivity index (χ0) is 29.2. The van der Waals surface area contributed by atoms with E-state index in [2.05, 4.69) is 104 Å². The summed E-state index contributed by atoms with van der Waals surface area (Å²) in [6, 6.07) is 2.15. The lowest BCUT2D eigenvalue weighted by Crippen LogP contribution is -2.38. The smallest absolute Gasteiger partial charge is 0.242 e. The first-order valence-electron chi connectivity index (χ1n) is 13.2. The first-order valence-corrected chi connectivity index (χ1v) is 33.3. The van der Waals surface area contributed by atoms with Crippen LogP contribution in [-0.4, -0.2) is 72.1 Å². The third-order valence-corrected chi connectivity index (χ3v) is 11.7. The molecule has 0 bridgehead atoms. The molecule has 0 heterocycles. The van der Waals surface area contributed by atoms with Crippen LogP contribution < -0.4 is 18.5 Å². The summed E-state index contributed by atoms with van der Waals surface area (Å²) in [7, 11) is -9.49. The summed E-state index contributed by atoms with van der Waals surface area (Å²) in [4.78, 5) is 0. The molecule has 0 aliphatic heterocycles. The molecular weight excluding hydrogens is 597 g/mol. The highest BCUT2D eigenvalue weighted by Crippen LogP contribution is 2.43. The summed E-state index contributed by atoms with van der Waals surface area (Å²) in [5.41, 5.74) is 1.01. The fraction of sp³-hybridized carbons (Fsp3) is 0.652. The van der Waals surface area contributed by atoms with E-state index in [0.29, 0.717) is 10.5 Å². The van der Waals surface area contributed by atoms with E-state index in [1.54, 1.807) is 0 Å². The Kier molecular flexibility index (Phi) is 11.7. The Morgan fingerprint density at radius 2 is 1.05 bits per heavy atom. The number of rotatable bonds is 13. The van der Waals surface area contributed by atoms with Crippen LogP contribution in [0.4, 0.5) is 0 Å². The van der Waals surface area contributed by atoms with Crippen molar-refractivity contribution in [3.8, 4) is 17.2 Å². The van der Waals surface area contributed by atoms with E-state index >= 15 is 0 Å². The highest BCUT2D eigenvalue weighted by molar-refractivity contribution is 6.73. The number of hydrogen-bond acceptors (Lipinski definition) is 6. The molecule has 1 aromatic carbocycles. The van der Waals surface area contributed by atoms with Gasteiger partial charge in [-0.3, -0.25) is 0 Å². The quantitative estimate of drug-likeness (QED) is 0.238. The molecule has 0 saturated heterocycles. The highest BCUT2D eigenvalue weighted by Gasteiger charge is 2.34. The van der Waals surface area contributed by atoms with E-state index in [0.717, 1.165) is 49.4 Å². The molecule has 6 nitrogen and oxygen atoms in total. The molecule has 0 spiro atoms. The monoisotopic (exact) mass is 650 g/mol. The largest absolute Gasteiger partial charge is 0.549 e. The van der Waals surface area contributed by atoms with Crippen molar-refractivity contribution in [2.24, 2.45) is 0 Å². The van der Waals surface area contributed by atoms with Gasteiger partial charge in [-0.25, -0.2) is 0 Å². The van der Waals surface area contributed by atoms with Gasteiger partial charge < -0.3 is 26.2 Å². The molecule has 0 aliphatic carbocycles. The molecule has 0 aromatic heterocycles. The molecule has 0 aliphatic rings. The Morgan fingerprint density at radius 3 is 1.43 bits per heavy atom. The first kappa shape index (κ1) is 34.7. The van der Waals surface area contributed by atoms with E-state index in [1.165, 1.54) is 0 Å². The van der Waals surface area contributed by atoms with Crippen LogP contribution in [0.3, 0.4) is 0 Å². The zero-order valence-corrected chi connectivity index (χ0v) is 37.1. The van der Waals surface area contributed by atoms with Crippen LogP contribution in [0.25, 0.3) is 5.76 Å². The van der Waals surface area contributed by atoms with E-state index < -0.39 is 51.4 Å². The van der Waals surface area contributed by atoms with Crippen LogP contribution in [0.5, 0.6) is 17.2 Å². The van der Waals surface area contributed by atoms with Crippen LogP contribution in [0.2, 0.25) is 98.2 Å². The minimum Gasteiger partial charge on any atom is -0.549 e. The molecule has 1 rings (SSSR count). The molecular formula is C23H54O6Si8. The van der Waals surface area contributed by atoms with Crippen molar-refractivity contribution in [2.45, 2.75) is 98.2 Å².